The number of phosphoric ester groups is 1. The summed E-state index contributed by atoms with van der Waals surface area (Å²) < 4.78 is 21.0. The second kappa shape index (κ2) is 10.1. The minimum atomic E-state index is -3.94. The quantitative estimate of drug-likeness (QED) is 0.613. The number of nitrogens with zero attached hydrogens (tertiary/aromatic N) is 1. The Morgan fingerprint density at radius 3 is 2.26 bits per heavy atom. The van der Waals surface area contributed by atoms with Gasteiger partial charge in [-0.15, -0.1) is 0 Å². The van der Waals surface area contributed by atoms with E-state index in [2.05, 4.69) is 32.6 Å². The first-order chi connectivity index (χ1) is 8.96. The maximum Gasteiger partial charge on any atom is 0.267 e. The van der Waals surface area contributed by atoms with Gasteiger partial charge in [-0.3, -0.25) is 4.57 Å². The van der Waals surface area contributed by atoms with Gasteiger partial charge in [-0.2, -0.15) is 0 Å². The van der Waals surface area contributed by atoms with Crippen LogP contribution in [-0.2, 0) is 27.1 Å². The van der Waals surface area contributed by atoms with Crippen molar-refractivity contribution in [3.8, 4) is 0 Å². The van der Waals surface area contributed by atoms with Crippen LogP contribution in [0.1, 0.15) is 39.4 Å². The number of imidazole rings is 1. The molecule has 0 aliphatic heterocycles. The summed E-state index contributed by atoms with van der Waals surface area (Å²) in [7, 11) is -1.87. The third-order valence-corrected chi connectivity index (χ3v) is 3.46. The normalized spacial score (nSPS) is 11.0. The molecular formula is C12H25N2O4P. The molecule has 7 heteroatoms. The van der Waals surface area contributed by atoms with E-state index in [0.717, 1.165) is 0 Å². The molecule has 0 bridgehead atoms. The van der Waals surface area contributed by atoms with E-state index in [4.69, 9.17) is 0 Å². The summed E-state index contributed by atoms with van der Waals surface area (Å²) in [6.07, 6.45) is 7.73. The van der Waals surface area contributed by atoms with E-state index in [1.807, 2.05) is 12.4 Å². The Hall–Kier alpha value is -0.680. The topological polar surface area (TPSA) is 78.3 Å². The molecule has 0 aliphatic rings. The van der Waals surface area contributed by atoms with Crippen molar-refractivity contribution < 1.29 is 23.1 Å². The molecule has 6 nitrogen and oxygen atoms in total. The number of hydrogen-bond donors (Lipinski definition) is 1. The molecule has 1 aromatic rings. The van der Waals surface area contributed by atoms with Gasteiger partial charge in [-0.1, -0.05) is 13.3 Å². The Morgan fingerprint density at radius 2 is 1.89 bits per heavy atom. The van der Waals surface area contributed by atoms with Crippen LogP contribution in [0.5, 0.6) is 0 Å². The van der Waals surface area contributed by atoms with E-state index >= 15 is 0 Å². The minimum Gasteiger partial charge on any atom is -0.756 e. The number of nitrogens with one attached hydrogen (secondary N) is 1. The lowest BCUT2D eigenvalue weighted by atomic mass is 10.2. The number of rotatable bonds is 7. The lowest BCUT2D eigenvalue weighted by Crippen LogP contribution is -2.30. The number of aromatic nitrogens is 2. The fourth-order valence-corrected chi connectivity index (χ4v) is 2.09. The minimum absolute atomic E-state index is 0.126. The molecule has 0 unspecified atom stereocenters. The first-order valence-electron chi connectivity index (χ1n) is 6.58. The number of phosphoric acid groups is 1. The highest BCUT2D eigenvalue weighted by molar-refractivity contribution is 7.45. The third kappa shape index (κ3) is 8.94. The monoisotopic (exact) mass is 292 g/mol. The van der Waals surface area contributed by atoms with Crippen LogP contribution in [-0.4, -0.2) is 18.2 Å². The number of hydrogen-bond acceptors (Lipinski definition) is 4. The van der Waals surface area contributed by atoms with Crippen LogP contribution < -0.4 is 9.46 Å². The Morgan fingerprint density at radius 1 is 1.32 bits per heavy atom. The van der Waals surface area contributed by atoms with Gasteiger partial charge in [-0.05, 0) is 20.3 Å². The molecule has 0 saturated carbocycles. The predicted octanol–water partition coefficient (Wildman–Crippen LogP) is 1.71. The van der Waals surface area contributed by atoms with Gasteiger partial charge in [0.2, 0.25) is 0 Å². The summed E-state index contributed by atoms with van der Waals surface area (Å²) in [6.45, 7) is 5.64. The molecule has 1 aromatic heterocycles. The first-order valence-corrected chi connectivity index (χ1v) is 8.04. The van der Waals surface area contributed by atoms with Gasteiger partial charge < -0.3 is 13.9 Å². The maximum absolute atomic E-state index is 10.4. The van der Waals surface area contributed by atoms with Gasteiger partial charge in [0.1, 0.15) is 12.4 Å². The SMILES string of the molecule is CCCCc1[nH]cc[n+]1C.CCOP(=O)([O-])OCC. The summed E-state index contributed by atoms with van der Waals surface area (Å²) in [4.78, 5) is 13.6. The van der Waals surface area contributed by atoms with Crippen molar-refractivity contribution in [2.24, 2.45) is 7.05 Å². The zero-order valence-electron chi connectivity index (χ0n) is 12.2. The number of aromatic amines is 1. The summed E-state index contributed by atoms with van der Waals surface area (Å²) in [5.74, 6) is 1.32. The van der Waals surface area contributed by atoms with Crippen molar-refractivity contribution in [2.45, 2.75) is 40.0 Å². The lowest BCUT2D eigenvalue weighted by Gasteiger charge is -2.20. The zero-order valence-corrected chi connectivity index (χ0v) is 13.1. The zero-order chi connectivity index (χ0) is 14.7. The van der Waals surface area contributed by atoms with E-state index < -0.39 is 7.82 Å². The molecule has 0 aliphatic carbocycles. The predicted molar refractivity (Wildman–Crippen MR) is 71.4 cm³/mol. The van der Waals surface area contributed by atoms with E-state index in [9.17, 15) is 9.46 Å². The Balaban J connectivity index is 0.000000344. The lowest BCUT2D eigenvalue weighted by molar-refractivity contribution is -0.677. The Labute approximate surface area is 115 Å². The van der Waals surface area contributed by atoms with Crippen molar-refractivity contribution in [2.75, 3.05) is 13.2 Å². The maximum atomic E-state index is 10.4. The molecule has 0 radical (unpaired) electrons. The molecule has 1 N–H and O–H groups in total. The molecule has 0 saturated heterocycles. The first kappa shape index (κ1) is 18.3. The van der Waals surface area contributed by atoms with Crippen LogP contribution >= 0.6 is 7.82 Å². The van der Waals surface area contributed by atoms with Gasteiger partial charge in [0.15, 0.2) is 0 Å². The number of H-pyrrole nitrogens is 1. The standard InChI is InChI=1S/C8H14N2.C4H11O4P/c1-3-4-5-8-9-6-7-10(8)2;1-3-7-9(5,6)8-4-2/h6-7H,3-5H2,1-2H3;3-4H2,1-2H3,(H,5,6). The molecular weight excluding hydrogens is 267 g/mol. The summed E-state index contributed by atoms with van der Waals surface area (Å²) >= 11 is 0. The van der Waals surface area contributed by atoms with E-state index in [1.54, 1.807) is 13.8 Å². The summed E-state index contributed by atoms with van der Waals surface area (Å²) in [5.41, 5.74) is 0. The van der Waals surface area contributed by atoms with Crippen LogP contribution in [0.25, 0.3) is 0 Å². The summed E-state index contributed by atoms with van der Waals surface area (Å²) in [6, 6.07) is 0. The van der Waals surface area contributed by atoms with Crippen molar-refractivity contribution in [1.82, 2.24) is 4.98 Å². The van der Waals surface area contributed by atoms with Gasteiger partial charge in [0.25, 0.3) is 13.6 Å². The smallest absolute Gasteiger partial charge is 0.267 e. The van der Waals surface area contributed by atoms with Crippen molar-refractivity contribution in [3.05, 3.63) is 18.2 Å². The molecule has 0 spiro atoms. The number of unbranched alkanes of at least 4 members (excludes halogenated alkanes) is 1. The van der Waals surface area contributed by atoms with E-state index in [-0.39, 0.29) is 13.2 Å². The van der Waals surface area contributed by atoms with Crippen molar-refractivity contribution >= 4 is 7.82 Å². The highest BCUT2D eigenvalue weighted by atomic mass is 31.2. The molecule has 0 atom stereocenters. The van der Waals surface area contributed by atoms with Crippen molar-refractivity contribution in [1.29, 1.82) is 0 Å². The van der Waals surface area contributed by atoms with Gasteiger partial charge in [-0.25, -0.2) is 9.55 Å². The fraction of sp³-hybridized carbons (Fsp3) is 0.750. The molecule has 1 heterocycles. The van der Waals surface area contributed by atoms with Crippen LogP contribution in [0, 0.1) is 0 Å². The molecule has 1 rings (SSSR count). The molecule has 112 valence electrons. The van der Waals surface area contributed by atoms with Gasteiger partial charge in [0.05, 0.1) is 20.3 Å². The van der Waals surface area contributed by atoms with E-state index in [0.29, 0.717) is 0 Å². The second-order valence-corrected chi connectivity index (χ2v) is 5.31. The highest BCUT2D eigenvalue weighted by Crippen LogP contribution is 2.37. The third-order valence-electron chi connectivity index (χ3n) is 2.32. The molecule has 0 amide bonds. The van der Waals surface area contributed by atoms with Crippen LogP contribution in [0.3, 0.4) is 0 Å². The summed E-state index contributed by atoms with van der Waals surface area (Å²) in [5, 5.41) is 0. The second-order valence-electron chi connectivity index (χ2n) is 3.90. The highest BCUT2D eigenvalue weighted by Gasteiger charge is 2.04. The fourth-order valence-electron chi connectivity index (χ4n) is 1.38. The Kier molecular flexibility index (Phi) is 9.79. The Bertz CT molecular complexity index is 372. The van der Waals surface area contributed by atoms with Crippen LogP contribution in [0.15, 0.2) is 12.4 Å². The molecule has 0 aromatic carbocycles. The van der Waals surface area contributed by atoms with Crippen molar-refractivity contribution in [3.63, 3.8) is 0 Å². The van der Waals surface area contributed by atoms with E-state index in [1.165, 1.54) is 25.1 Å². The van der Waals surface area contributed by atoms with Gasteiger partial charge in [0, 0.05) is 6.42 Å². The number of aryl methyl sites for hydroxylation is 2. The van der Waals surface area contributed by atoms with Gasteiger partial charge >= 0.3 is 0 Å². The van der Waals surface area contributed by atoms with Crippen LogP contribution in [0.2, 0.25) is 0 Å². The molecule has 0 fully saturated rings. The average molecular weight is 292 g/mol. The average Bonchev–Trinajstić information content (AvgIpc) is 2.73. The molecule has 19 heavy (non-hydrogen) atoms. The van der Waals surface area contributed by atoms with Crippen LogP contribution in [0.4, 0.5) is 0 Å². The largest absolute Gasteiger partial charge is 0.756 e.